The minimum Gasteiger partial charge on any atom is -0.454 e. The zero-order valence-corrected chi connectivity index (χ0v) is 20.9. The molecule has 0 aliphatic rings. The van der Waals surface area contributed by atoms with Gasteiger partial charge < -0.3 is 29.5 Å². The number of rotatable bonds is 18. The van der Waals surface area contributed by atoms with E-state index in [1.807, 2.05) is 0 Å². The molecule has 0 aliphatic heterocycles. The van der Waals surface area contributed by atoms with Gasteiger partial charge in [0, 0.05) is 16.7 Å². The van der Waals surface area contributed by atoms with Gasteiger partial charge in [-0.25, -0.2) is 18.9 Å². The van der Waals surface area contributed by atoms with Crippen LogP contribution in [0, 0.1) is 0 Å². The molecule has 3 atom stereocenters. The van der Waals surface area contributed by atoms with Gasteiger partial charge in [-0.15, -0.1) is 0 Å². The van der Waals surface area contributed by atoms with Gasteiger partial charge in [-0.1, -0.05) is 19.7 Å². The van der Waals surface area contributed by atoms with E-state index in [9.17, 15) is 34.3 Å². The van der Waals surface area contributed by atoms with E-state index in [-0.39, 0.29) is 16.7 Å². The first-order valence-electron chi connectivity index (χ1n) is 10.2. The normalized spacial score (nSPS) is 15.1. The molecule has 0 amide bonds. The summed E-state index contributed by atoms with van der Waals surface area (Å²) in [5.74, 6) is -2.53. The summed E-state index contributed by atoms with van der Waals surface area (Å²) < 4.78 is 43.3. The third-order valence-corrected chi connectivity index (χ3v) is 5.13. The van der Waals surface area contributed by atoms with Crippen molar-refractivity contribution >= 4 is 25.7 Å². The van der Waals surface area contributed by atoms with Crippen molar-refractivity contribution < 1.29 is 62.1 Å². The summed E-state index contributed by atoms with van der Waals surface area (Å²) in [6, 6.07) is 0. The molecule has 200 valence electrons. The molecule has 0 saturated carbocycles. The first-order chi connectivity index (χ1) is 16.3. The fraction of sp³-hybridized carbons (Fsp3) is 0.571. The number of phosphoric ester groups is 1. The van der Waals surface area contributed by atoms with Crippen LogP contribution in [-0.2, 0) is 46.7 Å². The van der Waals surface area contributed by atoms with Crippen LogP contribution in [0.5, 0.6) is 0 Å². The first-order valence-corrected chi connectivity index (χ1v) is 11.7. The Kier molecular flexibility index (Phi) is 15.2. The van der Waals surface area contributed by atoms with Crippen LogP contribution in [0.2, 0.25) is 0 Å². The Hall–Kier alpha value is -2.38. The molecule has 0 saturated heterocycles. The lowest BCUT2D eigenvalue weighted by atomic mass is 10.3. The first kappa shape index (κ1) is 32.6. The number of phosphoric acid groups is 1. The Balaban J connectivity index is 5.45. The molecule has 3 N–H and O–H groups in total. The zero-order chi connectivity index (χ0) is 27.2. The SMILES string of the molecule is C=C(C)C(=O)OC(CO)COP(=O)(OCC(CO)OC(=O)C(=C)C)OCC(CO)OC(=O)C(=C)C. The summed E-state index contributed by atoms with van der Waals surface area (Å²) in [4.78, 5) is 35.0. The summed E-state index contributed by atoms with van der Waals surface area (Å²) in [5, 5.41) is 28.2. The van der Waals surface area contributed by atoms with E-state index in [0.717, 1.165) is 0 Å². The monoisotopic (exact) mass is 524 g/mol. The predicted molar refractivity (Wildman–Crippen MR) is 121 cm³/mol. The fourth-order valence-electron chi connectivity index (χ4n) is 1.76. The highest BCUT2D eigenvalue weighted by Crippen LogP contribution is 2.50. The standard InChI is InChI=1S/C21H33O13P/c1-13(2)19(25)32-16(7-22)10-29-35(28,30-11-17(8-23)33-20(26)14(3)4)31-12-18(9-24)34-21(27)15(5)6/h16-18,22-24H,1,3,5,7-12H2,2,4,6H3. The van der Waals surface area contributed by atoms with Gasteiger partial charge >= 0.3 is 25.7 Å². The molecule has 35 heavy (non-hydrogen) atoms. The number of ether oxygens (including phenoxy) is 3. The molecule has 0 aliphatic carbocycles. The van der Waals surface area contributed by atoms with Crippen LogP contribution in [0.4, 0.5) is 0 Å². The van der Waals surface area contributed by atoms with Crippen LogP contribution in [0.3, 0.4) is 0 Å². The second-order valence-corrected chi connectivity index (χ2v) is 8.97. The van der Waals surface area contributed by atoms with Gasteiger partial charge in [-0.3, -0.25) is 13.6 Å². The van der Waals surface area contributed by atoms with Crippen LogP contribution in [0.15, 0.2) is 36.5 Å². The van der Waals surface area contributed by atoms with Gasteiger partial charge in [0.2, 0.25) is 0 Å². The molecule has 14 heteroatoms. The molecular formula is C21H33O13P. The van der Waals surface area contributed by atoms with Crippen molar-refractivity contribution in [3.63, 3.8) is 0 Å². The minimum absolute atomic E-state index is 0.0364. The van der Waals surface area contributed by atoms with E-state index in [1.165, 1.54) is 20.8 Å². The largest absolute Gasteiger partial charge is 0.475 e. The van der Waals surface area contributed by atoms with E-state index >= 15 is 0 Å². The van der Waals surface area contributed by atoms with Crippen molar-refractivity contribution in [2.45, 2.75) is 39.1 Å². The highest BCUT2D eigenvalue weighted by atomic mass is 31.2. The van der Waals surface area contributed by atoms with E-state index in [4.69, 9.17) is 27.8 Å². The average Bonchev–Trinajstić information content (AvgIpc) is 2.81. The number of hydrogen-bond acceptors (Lipinski definition) is 13. The Labute approximate surface area is 203 Å². The van der Waals surface area contributed by atoms with Crippen LogP contribution >= 0.6 is 7.82 Å². The molecule has 0 fully saturated rings. The van der Waals surface area contributed by atoms with Gasteiger partial charge in [-0.05, 0) is 20.8 Å². The molecule has 0 aromatic rings. The number of carbonyl (C=O) groups excluding carboxylic acids is 3. The molecule has 3 unspecified atom stereocenters. The number of aliphatic hydroxyl groups excluding tert-OH is 3. The van der Waals surface area contributed by atoms with Crippen molar-refractivity contribution in [1.29, 1.82) is 0 Å². The average molecular weight is 524 g/mol. The highest BCUT2D eigenvalue weighted by molar-refractivity contribution is 7.48. The molecule has 0 rings (SSSR count). The fourth-order valence-corrected chi connectivity index (χ4v) is 3.03. The quantitative estimate of drug-likeness (QED) is 0.0980. The van der Waals surface area contributed by atoms with Gasteiger partial charge in [0.05, 0.1) is 39.6 Å². The van der Waals surface area contributed by atoms with Gasteiger partial charge in [0.1, 0.15) is 18.3 Å². The Bertz CT molecular complexity index is 717. The number of carbonyl (C=O) groups is 3. The van der Waals surface area contributed by atoms with Gasteiger partial charge in [0.25, 0.3) is 0 Å². The maximum atomic E-state index is 13.1. The third-order valence-electron chi connectivity index (χ3n) is 3.73. The van der Waals surface area contributed by atoms with E-state index < -0.39 is 83.7 Å². The van der Waals surface area contributed by atoms with Crippen molar-refractivity contribution in [2.75, 3.05) is 39.6 Å². The van der Waals surface area contributed by atoms with Gasteiger partial charge in [0.15, 0.2) is 0 Å². The van der Waals surface area contributed by atoms with E-state index in [0.29, 0.717) is 0 Å². The molecule has 0 radical (unpaired) electrons. The molecule has 13 nitrogen and oxygen atoms in total. The number of esters is 3. The lowest BCUT2D eigenvalue weighted by Crippen LogP contribution is -2.30. The Morgan fingerprint density at radius 1 is 0.629 bits per heavy atom. The second kappa shape index (κ2) is 16.3. The van der Waals surface area contributed by atoms with Crippen molar-refractivity contribution in [3.05, 3.63) is 36.5 Å². The smallest absolute Gasteiger partial charge is 0.454 e. The summed E-state index contributed by atoms with van der Waals surface area (Å²) in [7, 11) is -4.60. The molecule has 0 heterocycles. The summed E-state index contributed by atoms with van der Waals surface area (Å²) in [6.45, 7) is 10.1. The molecule has 0 spiro atoms. The minimum atomic E-state index is -4.60. The lowest BCUT2D eigenvalue weighted by Gasteiger charge is -2.24. The third kappa shape index (κ3) is 13.3. The second-order valence-electron chi connectivity index (χ2n) is 7.31. The summed E-state index contributed by atoms with van der Waals surface area (Å²) in [6.07, 6.45) is -3.86. The molecule has 0 bridgehead atoms. The molecule has 0 aromatic carbocycles. The van der Waals surface area contributed by atoms with Crippen molar-refractivity contribution in [1.82, 2.24) is 0 Å². The Morgan fingerprint density at radius 2 is 0.857 bits per heavy atom. The van der Waals surface area contributed by atoms with Crippen LogP contribution in [0.25, 0.3) is 0 Å². The van der Waals surface area contributed by atoms with Crippen LogP contribution in [-0.4, -0.2) is 91.2 Å². The van der Waals surface area contributed by atoms with Gasteiger partial charge in [-0.2, -0.15) is 0 Å². The number of hydrogen-bond donors (Lipinski definition) is 3. The van der Waals surface area contributed by atoms with Crippen LogP contribution < -0.4 is 0 Å². The number of aliphatic hydroxyl groups is 3. The topological polar surface area (TPSA) is 184 Å². The van der Waals surface area contributed by atoms with E-state index in [1.54, 1.807) is 0 Å². The van der Waals surface area contributed by atoms with Crippen molar-refractivity contribution in [3.8, 4) is 0 Å². The summed E-state index contributed by atoms with van der Waals surface area (Å²) in [5.41, 5.74) is 0.109. The zero-order valence-electron chi connectivity index (χ0n) is 20.0. The Morgan fingerprint density at radius 3 is 1.03 bits per heavy atom. The van der Waals surface area contributed by atoms with E-state index in [2.05, 4.69) is 19.7 Å². The van der Waals surface area contributed by atoms with Crippen molar-refractivity contribution in [2.24, 2.45) is 0 Å². The lowest BCUT2D eigenvalue weighted by molar-refractivity contribution is -0.149. The highest BCUT2D eigenvalue weighted by Gasteiger charge is 2.33. The molecular weight excluding hydrogens is 491 g/mol. The maximum Gasteiger partial charge on any atom is 0.475 e. The predicted octanol–water partition coefficient (Wildman–Crippen LogP) is 0.585. The van der Waals surface area contributed by atoms with Crippen LogP contribution in [0.1, 0.15) is 20.8 Å². The maximum absolute atomic E-state index is 13.1. The molecule has 0 aromatic heterocycles. The summed E-state index contributed by atoms with van der Waals surface area (Å²) >= 11 is 0.